The highest BCUT2D eigenvalue weighted by molar-refractivity contribution is 5.63. The molecule has 2 aromatic rings. The van der Waals surface area contributed by atoms with Gasteiger partial charge in [-0.1, -0.05) is 5.16 Å². The van der Waals surface area contributed by atoms with Crippen LogP contribution in [-0.4, -0.2) is 53.3 Å². The number of nitro groups is 1. The molecule has 0 radical (unpaired) electrons. The first-order valence-electron chi connectivity index (χ1n) is 8.07. The third-order valence-corrected chi connectivity index (χ3v) is 4.17. The van der Waals surface area contributed by atoms with E-state index in [1.165, 1.54) is 12.1 Å². The molecule has 0 saturated carbocycles. The van der Waals surface area contributed by atoms with E-state index in [9.17, 15) is 15.4 Å². The highest BCUT2D eigenvalue weighted by atomic mass is 16.6. The van der Waals surface area contributed by atoms with Crippen molar-refractivity contribution in [2.45, 2.75) is 13.2 Å². The minimum Gasteiger partial charge on any atom is -0.377 e. The van der Waals surface area contributed by atoms with Crippen molar-refractivity contribution < 1.29 is 14.2 Å². The largest absolute Gasteiger partial charge is 0.377 e. The number of benzene rings is 1. The van der Waals surface area contributed by atoms with Crippen molar-refractivity contribution in [1.29, 1.82) is 5.26 Å². The molecule has 2 heterocycles. The Morgan fingerprint density at radius 3 is 2.81 bits per heavy atom. The first kappa shape index (κ1) is 17.8. The van der Waals surface area contributed by atoms with E-state index in [2.05, 4.69) is 19.9 Å². The van der Waals surface area contributed by atoms with Crippen LogP contribution in [0.4, 0.5) is 11.4 Å². The SMILES string of the molecule is COCc1noc(CN2CCN(c3ccc([N+](=O)[O-])cc3C#N)CC2)n1. The molecule has 1 aromatic carbocycles. The van der Waals surface area contributed by atoms with Gasteiger partial charge in [-0.3, -0.25) is 15.0 Å². The zero-order chi connectivity index (χ0) is 18.5. The van der Waals surface area contributed by atoms with Crippen LogP contribution >= 0.6 is 0 Å². The minimum atomic E-state index is -0.495. The molecule has 10 nitrogen and oxygen atoms in total. The van der Waals surface area contributed by atoms with Gasteiger partial charge in [0.15, 0.2) is 5.82 Å². The maximum absolute atomic E-state index is 10.9. The van der Waals surface area contributed by atoms with E-state index in [1.807, 2.05) is 6.07 Å². The first-order chi connectivity index (χ1) is 12.6. The summed E-state index contributed by atoms with van der Waals surface area (Å²) < 4.78 is 10.2. The number of aromatic nitrogens is 2. The monoisotopic (exact) mass is 358 g/mol. The second kappa shape index (κ2) is 7.90. The van der Waals surface area contributed by atoms with Crippen LogP contribution in [0.1, 0.15) is 17.3 Å². The van der Waals surface area contributed by atoms with Crippen molar-refractivity contribution in [2.24, 2.45) is 0 Å². The van der Waals surface area contributed by atoms with E-state index in [-0.39, 0.29) is 5.69 Å². The van der Waals surface area contributed by atoms with Gasteiger partial charge in [0.1, 0.15) is 12.7 Å². The van der Waals surface area contributed by atoms with Crippen molar-refractivity contribution in [3.05, 3.63) is 45.6 Å². The van der Waals surface area contributed by atoms with Gasteiger partial charge in [-0.2, -0.15) is 10.2 Å². The Morgan fingerprint density at radius 1 is 1.38 bits per heavy atom. The Morgan fingerprint density at radius 2 is 2.15 bits per heavy atom. The molecule has 0 N–H and O–H groups in total. The van der Waals surface area contributed by atoms with E-state index in [0.717, 1.165) is 18.8 Å². The minimum absolute atomic E-state index is 0.0767. The number of non-ortho nitro benzene ring substituents is 1. The van der Waals surface area contributed by atoms with Crippen LogP contribution in [0.5, 0.6) is 0 Å². The molecule has 1 aliphatic rings. The summed E-state index contributed by atoms with van der Waals surface area (Å²) in [5, 5.41) is 24.0. The Kier molecular flexibility index (Phi) is 5.40. The lowest BCUT2D eigenvalue weighted by atomic mass is 10.1. The van der Waals surface area contributed by atoms with Gasteiger partial charge in [-0.05, 0) is 6.07 Å². The van der Waals surface area contributed by atoms with Crippen LogP contribution in [0.3, 0.4) is 0 Å². The summed E-state index contributed by atoms with van der Waals surface area (Å²) >= 11 is 0. The van der Waals surface area contributed by atoms with Gasteiger partial charge in [0, 0.05) is 45.4 Å². The van der Waals surface area contributed by atoms with E-state index in [0.29, 0.717) is 43.5 Å². The topological polar surface area (TPSA) is 122 Å². The number of methoxy groups -OCH3 is 1. The average molecular weight is 358 g/mol. The number of piperazine rings is 1. The normalized spacial score (nSPS) is 15.0. The van der Waals surface area contributed by atoms with Crippen LogP contribution in [0.25, 0.3) is 0 Å². The number of nitrogens with zero attached hydrogens (tertiary/aromatic N) is 6. The number of nitro benzene ring substituents is 1. The lowest BCUT2D eigenvalue weighted by Gasteiger charge is -2.35. The Labute approximate surface area is 149 Å². The predicted octanol–water partition coefficient (Wildman–Crippen LogP) is 1.32. The molecule has 0 atom stereocenters. The third-order valence-electron chi connectivity index (χ3n) is 4.17. The number of anilines is 1. The Bertz CT molecular complexity index is 822. The van der Waals surface area contributed by atoms with Crippen LogP contribution < -0.4 is 4.90 Å². The molecular weight excluding hydrogens is 340 g/mol. The van der Waals surface area contributed by atoms with E-state index < -0.39 is 4.92 Å². The van der Waals surface area contributed by atoms with Crippen LogP contribution in [0, 0.1) is 21.4 Å². The number of rotatable bonds is 6. The van der Waals surface area contributed by atoms with Crippen LogP contribution in [-0.2, 0) is 17.9 Å². The van der Waals surface area contributed by atoms with Gasteiger partial charge in [0.05, 0.1) is 22.7 Å². The molecule has 0 aliphatic carbocycles. The Balaban J connectivity index is 1.61. The number of hydrogen-bond acceptors (Lipinski definition) is 9. The predicted molar refractivity (Wildman–Crippen MR) is 90.3 cm³/mol. The molecule has 1 fully saturated rings. The quantitative estimate of drug-likeness (QED) is 0.555. The fourth-order valence-corrected chi connectivity index (χ4v) is 2.88. The molecule has 136 valence electrons. The summed E-state index contributed by atoms with van der Waals surface area (Å²) in [7, 11) is 1.57. The van der Waals surface area contributed by atoms with Gasteiger partial charge in [-0.25, -0.2) is 0 Å². The standard InChI is InChI=1S/C16H18N6O4/c1-25-11-15-18-16(26-19-15)10-20-4-6-21(7-5-20)14-3-2-13(22(23)24)8-12(14)9-17/h2-3,8H,4-7,10-11H2,1H3. The van der Waals surface area contributed by atoms with Gasteiger partial charge in [0.2, 0.25) is 5.89 Å². The van der Waals surface area contributed by atoms with Crippen LogP contribution in [0.15, 0.2) is 22.7 Å². The van der Waals surface area contributed by atoms with Crippen molar-refractivity contribution in [1.82, 2.24) is 15.0 Å². The summed E-state index contributed by atoms with van der Waals surface area (Å²) in [6.07, 6.45) is 0. The molecule has 0 spiro atoms. The van der Waals surface area contributed by atoms with E-state index in [4.69, 9.17) is 9.26 Å². The molecule has 26 heavy (non-hydrogen) atoms. The summed E-state index contributed by atoms with van der Waals surface area (Å²) in [5.41, 5.74) is 0.957. The summed E-state index contributed by atoms with van der Waals surface area (Å²) in [5.74, 6) is 1.06. The van der Waals surface area contributed by atoms with E-state index in [1.54, 1.807) is 13.2 Å². The lowest BCUT2D eigenvalue weighted by Crippen LogP contribution is -2.46. The molecule has 1 saturated heterocycles. The Hall–Kier alpha value is -3.03. The third kappa shape index (κ3) is 3.96. The highest BCUT2D eigenvalue weighted by Crippen LogP contribution is 2.26. The number of ether oxygens (including phenoxy) is 1. The lowest BCUT2D eigenvalue weighted by molar-refractivity contribution is -0.384. The number of nitriles is 1. The first-order valence-corrected chi connectivity index (χ1v) is 8.07. The van der Waals surface area contributed by atoms with Crippen molar-refractivity contribution >= 4 is 11.4 Å². The molecule has 1 aliphatic heterocycles. The van der Waals surface area contributed by atoms with Crippen molar-refractivity contribution in [3.63, 3.8) is 0 Å². The smallest absolute Gasteiger partial charge is 0.270 e. The molecule has 0 bridgehead atoms. The van der Waals surface area contributed by atoms with Gasteiger partial charge >= 0.3 is 0 Å². The maximum atomic E-state index is 10.9. The highest BCUT2D eigenvalue weighted by Gasteiger charge is 2.22. The molecule has 0 unspecified atom stereocenters. The van der Waals surface area contributed by atoms with E-state index >= 15 is 0 Å². The second-order valence-electron chi connectivity index (χ2n) is 5.87. The zero-order valence-corrected chi connectivity index (χ0v) is 14.3. The van der Waals surface area contributed by atoms with Gasteiger partial charge in [-0.15, -0.1) is 0 Å². The summed E-state index contributed by atoms with van der Waals surface area (Å²) in [4.78, 5) is 18.9. The van der Waals surface area contributed by atoms with Crippen molar-refractivity contribution in [3.8, 4) is 6.07 Å². The average Bonchev–Trinajstić information content (AvgIpc) is 3.09. The number of hydrogen-bond donors (Lipinski definition) is 0. The fourth-order valence-electron chi connectivity index (χ4n) is 2.88. The molecule has 3 rings (SSSR count). The molecular formula is C16H18N6O4. The second-order valence-corrected chi connectivity index (χ2v) is 5.87. The fraction of sp³-hybridized carbons (Fsp3) is 0.438. The van der Waals surface area contributed by atoms with Gasteiger partial charge < -0.3 is 14.2 Å². The molecule has 0 amide bonds. The summed E-state index contributed by atoms with van der Waals surface area (Å²) in [6.45, 7) is 3.77. The van der Waals surface area contributed by atoms with Crippen molar-refractivity contribution in [2.75, 3.05) is 38.2 Å². The molecule has 10 heteroatoms. The van der Waals surface area contributed by atoms with Gasteiger partial charge in [0.25, 0.3) is 5.69 Å². The maximum Gasteiger partial charge on any atom is 0.270 e. The zero-order valence-electron chi connectivity index (χ0n) is 14.3. The summed E-state index contributed by atoms with van der Waals surface area (Å²) in [6, 6.07) is 6.44. The molecule has 1 aromatic heterocycles. The van der Waals surface area contributed by atoms with Crippen LogP contribution in [0.2, 0.25) is 0 Å².